The number of amides is 1. The second kappa shape index (κ2) is 13.4. The number of likely N-dealkylation sites (tertiary alicyclic amines) is 1. The van der Waals surface area contributed by atoms with Crippen molar-refractivity contribution in [1.29, 1.82) is 0 Å². The van der Waals surface area contributed by atoms with Crippen LogP contribution in [-0.2, 0) is 20.8 Å². The van der Waals surface area contributed by atoms with Gasteiger partial charge in [0.25, 0.3) is 0 Å². The molecule has 1 saturated heterocycles. The van der Waals surface area contributed by atoms with Crippen molar-refractivity contribution in [2.24, 2.45) is 0 Å². The van der Waals surface area contributed by atoms with Gasteiger partial charge in [-0.05, 0) is 78.7 Å². The average Bonchev–Trinajstić information content (AvgIpc) is 3.53. The minimum atomic E-state index is -0.562. The first-order chi connectivity index (χ1) is 20.2. The molecule has 2 heterocycles. The SMILES string of the molecule is CC(C)(C)OC(=O)N1CCC(c2ccc(OCCOC(=O)c3cccs3)cc2)C(OCc2ccc3ccccc3c2)C1. The lowest BCUT2D eigenvalue weighted by Gasteiger charge is -2.39. The minimum Gasteiger partial charge on any atom is -0.490 e. The number of fused-ring (bicyclic) bond motifs is 1. The van der Waals surface area contributed by atoms with Crippen molar-refractivity contribution in [1.82, 2.24) is 4.90 Å². The monoisotopic (exact) mass is 587 g/mol. The second-order valence-electron chi connectivity index (χ2n) is 11.4. The van der Waals surface area contributed by atoms with Crippen molar-refractivity contribution in [3.05, 3.63) is 100 Å². The third kappa shape index (κ3) is 7.89. The Morgan fingerprint density at radius 3 is 2.45 bits per heavy atom. The van der Waals surface area contributed by atoms with Gasteiger partial charge in [-0.3, -0.25) is 0 Å². The number of ether oxygens (including phenoxy) is 4. The fraction of sp³-hybridized carbons (Fsp3) is 0.353. The third-order valence-electron chi connectivity index (χ3n) is 7.10. The van der Waals surface area contributed by atoms with Crippen molar-refractivity contribution >= 4 is 34.2 Å². The van der Waals surface area contributed by atoms with Crippen LogP contribution in [0.1, 0.15) is 53.9 Å². The molecule has 0 radical (unpaired) electrons. The topological polar surface area (TPSA) is 74.3 Å². The van der Waals surface area contributed by atoms with Gasteiger partial charge in [0, 0.05) is 12.5 Å². The van der Waals surface area contributed by atoms with Crippen molar-refractivity contribution < 1.29 is 28.5 Å². The summed E-state index contributed by atoms with van der Waals surface area (Å²) in [7, 11) is 0. The van der Waals surface area contributed by atoms with E-state index in [2.05, 4.69) is 30.3 Å². The molecule has 3 aromatic carbocycles. The highest BCUT2D eigenvalue weighted by Crippen LogP contribution is 2.33. The van der Waals surface area contributed by atoms with E-state index < -0.39 is 5.60 Å². The van der Waals surface area contributed by atoms with Crippen LogP contribution >= 0.6 is 11.3 Å². The number of hydrogen-bond donors (Lipinski definition) is 0. The predicted octanol–water partition coefficient (Wildman–Crippen LogP) is 7.45. The van der Waals surface area contributed by atoms with Crippen LogP contribution in [-0.4, -0.2) is 55.0 Å². The Morgan fingerprint density at radius 2 is 1.71 bits per heavy atom. The molecule has 2 unspecified atom stereocenters. The van der Waals surface area contributed by atoms with Gasteiger partial charge in [0.15, 0.2) is 0 Å². The molecule has 1 fully saturated rings. The number of esters is 1. The zero-order chi connectivity index (χ0) is 29.5. The Bertz CT molecular complexity index is 1480. The normalized spacial score (nSPS) is 17.2. The summed E-state index contributed by atoms with van der Waals surface area (Å²) in [5, 5.41) is 4.21. The fourth-order valence-corrected chi connectivity index (χ4v) is 5.68. The summed E-state index contributed by atoms with van der Waals surface area (Å²) in [6.45, 7) is 7.55. The highest BCUT2D eigenvalue weighted by Gasteiger charge is 2.35. The van der Waals surface area contributed by atoms with Gasteiger partial charge in [0.1, 0.15) is 29.4 Å². The van der Waals surface area contributed by atoms with Gasteiger partial charge in [-0.25, -0.2) is 9.59 Å². The molecule has 0 N–H and O–H groups in total. The smallest absolute Gasteiger partial charge is 0.410 e. The summed E-state index contributed by atoms with van der Waals surface area (Å²) in [5.74, 6) is 0.465. The van der Waals surface area contributed by atoms with Crippen molar-refractivity contribution in [3.63, 3.8) is 0 Å². The van der Waals surface area contributed by atoms with Gasteiger partial charge in [0.05, 0.1) is 19.3 Å². The van der Waals surface area contributed by atoms with Crippen LogP contribution in [0, 0.1) is 0 Å². The molecular weight excluding hydrogens is 550 g/mol. The molecule has 0 aliphatic carbocycles. The zero-order valence-electron chi connectivity index (χ0n) is 24.3. The first-order valence-corrected chi connectivity index (χ1v) is 15.1. The van der Waals surface area contributed by atoms with Crippen LogP contribution < -0.4 is 4.74 Å². The molecule has 42 heavy (non-hydrogen) atoms. The summed E-state index contributed by atoms with van der Waals surface area (Å²) in [6.07, 6.45) is 0.227. The zero-order valence-corrected chi connectivity index (χ0v) is 25.1. The van der Waals surface area contributed by atoms with E-state index >= 15 is 0 Å². The van der Waals surface area contributed by atoms with Crippen molar-refractivity contribution in [3.8, 4) is 5.75 Å². The van der Waals surface area contributed by atoms with Crippen LogP contribution in [0.4, 0.5) is 4.79 Å². The lowest BCUT2D eigenvalue weighted by atomic mass is 9.87. The van der Waals surface area contributed by atoms with Gasteiger partial charge in [0.2, 0.25) is 0 Å². The summed E-state index contributed by atoms with van der Waals surface area (Å²) in [5.41, 5.74) is 1.65. The van der Waals surface area contributed by atoms with E-state index in [9.17, 15) is 9.59 Å². The minimum absolute atomic E-state index is 0.102. The number of rotatable bonds is 9. The molecule has 7 nitrogen and oxygen atoms in total. The number of carbonyl (C=O) groups excluding carboxylic acids is 2. The summed E-state index contributed by atoms with van der Waals surface area (Å²) >= 11 is 1.35. The quantitative estimate of drug-likeness (QED) is 0.150. The number of benzene rings is 3. The average molecular weight is 588 g/mol. The van der Waals surface area contributed by atoms with E-state index in [4.69, 9.17) is 18.9 Å². The van der Waals surface area contributed by atoms with Crippen molar-refractivity contribution in [2.75, 3.05) is 26.3 Å². The Hall–Kier alpha value is -3.88. The number of nitrogens with zero attached hydrogens (tertiary/aromatic N) is 1. The van der Waals surface area contributed by atoms with E-state index in [1.54, 1.807) is 11.0 Å². The first-order valence-electron chi connectivity index (χ1n) is 14.3. The molecule has 0 spiro atoms. The molecule has 1 amide bonds. The summed E-state index contributed by atoms with van der Waals surface area (Å²) in [4.78, 5) is 27.2. The third-order valence-corrected chi connectivity index (χ3v) is 7.95. The van der Waals surface area contributed by atoms with Crippen LogP contribution in [0.2, 0.25) is 0 Å². The maximum atomic E-state index is 12.9. The van der Waals surface area contributed by atoms with Gasteiger partial charge in [-0.1, -0.05) is 54.6 Å². The largest absolute Gasteiger partial charge is 0.490 e. The van der Waals surface area contributed by atoms with Crippen LogP contribution in [0.15, 0.2) is 84.2 Å². The van der Waals surface area contributed by atoms with E-state index in [1.807, 2.05) is 68.6 Å². The van der Waals surface area contributed by atoms with Gasteiger partial charge in [-0.2, -0.15) is 0 Å². The lowest BCUT2D eigenvalue weighted by molar-refractivity contribution is -0.0359. The highest BCUT2D eigenvalue weighted by atomic mass is 32.1. The van der Waals surface area contributed by atoms with Gasteiger partial charge >= 0.3 is 12.1 Å². The molecular formula is C34H37NO6S. The molecule has 1 aliphatic rings. The van der Waals surface area contributed by atoms with E-state index in [0.29, 0.717) is 30.3 Å². The number of hydrogen-bond acceptors (Lipinski definition) is 7. The Balaban J connectivity index is 1.22. The molecule has 2 atom stereocenters. The number of thiophene rings is 1. The number of carbonyl (C=O) groups is 2. The summed E-state index contributed by atoms with van der Waals surface area (Å²) in [6, 6.07) is 26.1. The molecule has 0 saturated carbocycles. The molecule has 1 aliphatic heterocycles. The molecule has 4 aromatic rings. The molecule has 1 aromatic heterocycles. The Kier molecular flexibility index (Phi) is 9.45. The van der Waals surface area contributed by atoms with Crippen molar-refractivity contribution in [2.45, 2.75) is 51.4 Å². The molecule has 220 valence electrons. The second-order valence-corrected chi connectivity index (χ2v) is 12.3. The first kappa shape index (κ1) is 29.6. The molecule has 0 bridgehead atoms. The lowest BCUT2D eigenvalue weighted by Crippen LogP contribution is -2.48. The fourth-order valence-electron chi connectivity index (χ4n) is 5.06. The number of piperidine rings is 1. The van der Waals surface area contributed by atoms with Gasteiger partial charge in [-0.15, -0.1) is 11.3 Å². The standard InChI is InChI=1S/C34H37NO6S/c1-34(2,3)41-33(37)35-17-16-29(30(22-35)40-23-24-10-11-25-7-4-5-8-27(25)21-24)26-12-14-28(15-13-26)38-18-19-39-32(36)31-9-6-20-42-31/h4-15,20-21,29-30H,16-19,22-23H2,1-3H3. The Morgan fingerprint density at radius 1 is 0.929 bits per heavy atom. The predicted molar refractivity (Wildman–Crippen MR) is 164 cm³/mol. The summed E-state index contributed by atoms with van der Waals surface area (Å²) < 4.78 is 23.3. The molecule has 8 heteroatoms. The maximum Gasteiger partial charge on any atom is 0.410 e. The van der Waals surface area contributed by atoms with Crippen LogP contribution in [0.3, 0.4) is 0 Å². The van der Waals surface area contributed by atoms with Crippen LogP contribution in [0.5, 0.6) is 5.75 Å². The van der Waals surface area contributed by atoms with Crippen LogP contribution in [0.25, 0.3) is 10.8 Å². The van der Waals surface area contributed by atoms with E-state index in [0.717, 1.165) is 17.5 Å². The molecule has 5 rings (SSSR count). The van der Waals surface area contributed by atoms with E-state index in [1.165, 1.54) is 22.1 Å². The Labute approximate surface area is 251 Å². The maximum absolute atomic E-state index is 12.9. The van der Waals surface area contributed by atoms with Gasteiger partial charge < -0.3 is 23.8 Å². The van der Waals surface area contributed by atoms with E-state index in [-0.39, 0.29) is 37.3 Å². The highest BCUT2D eigenvalue weighted by molar-refractivity contribution is 7.11.